The van der Waals surface area contributed by atoms with Gasteiger partial charge in [0.05, 0.1) is 0 Å². The second-order valence-corrected chi connectivity index (χ2v) is 8.67. The molecule has 22 heavy (non-hydrogen) atoms. The summed E-state index contributed by atoms with van der Waals surface area (Å²) in [5, 5.41) is 6.57. The van der Waals surface area contributed by atoms with E-state index in [1.165, 1.54) is 9.75 Å². The van der Waals surface area contributed by atoms with Crippen LogP contribution in [0, 0.1) is 6.92 Å². The molecule has 2 N–H and O–H groups in total. The molecule has 1 unspecified atom stereocenters. The molecular formula is C17H28N2O2S. The molecule has 0 aliphatic heterocycles. The number of amides is 1. The Bertz CT molecular complexity index is 501. The van der Waals surface area contributed by atoms with Crippen LogP contribution in [0.2, 0.25) is 0 Å². The molecule has 1 atom stereocenters. The molecule has 5 heteroatoms. The lowest BCUT2D eigenvalue weighted by Gasteiger charge is -2.38. The van der Waals surface area contributed by atoms with Crippen LogP contribution in [-0.2, 0) is 11.2 Å². The normalized spacial score (nSPS) is 22.8. The van der Waals surface area contributed by atoms with Crippen LogP contribution in [0.1, 0.15) is 50.3 Å². The van der Waals surface area contributed by atoms with Crippen LogP contribution in [0.25, 0.3) is 0 Å². The summed E-state index contributed by atoms with van der Waals surface area (Å²) in [6.45, 7) is 10.0. The Labute approximate surface area is 137 Å². The first-order valence-corrected chi connectivity index (χ1v) is 8.84. The number of carbonyl (C=O) groups is 1. The Kier molecular flexibility index (Phi) is 5.50. The lowest BCUT2D eigenvalue weighted by molar-refractivity contribution is 0.0463. The molecule has 0 bridgehead atoms. The third-order valence-corrected chi connectivity index (χ3v) is 4.71. The predicted octanol–water partition coefficient (Wildman–Crippen LogP) is 3.63. The third-order valence-electron chi connectivity index (χ3n) is 3.68. The first-order valence-electron chi connectivity index (χ1n) is 8.02. The number of aryl methyl sites for hydroxylation is 1. The Morgan fingerprint density at radius 2 is 2.05 bits per heavy atom. The Hall–Kier alpha value is -1.07. The summed E-state index contributed by atoms with van der Waals surface area (Å²) in [5.74, 6) is 0. The van der Waals surface area contributed by atoms with Gasteiger partial charge in [0.25, 0.3) is 0 Å². The minimum atomic E-state index is -0.432. The van der Waals surface area contributed by atoms with E-state index < -0.39 is 5.60 Å². The quantitative estimate of drug-likeness (QED) is 0.869. The molecule has 1 aliphatic rings. The molecule has 0 radical (unpaired) electrons. The maximum absolute atomic E-state index is 11.7. The SMILES string of the molecule is Cc1ccc(CC(C)NC2CC(NC(=O)OC(C)(C)C)C2)s1. The van der Waals surface area contributed by atoms with Gasteiger partial charge < -0.3 is 15.4 Å². The number of hydrogen-bond donors (Lipinski definition) is 2. The standard InChI is InChI=1S/C17H28N2O2S/c1-11(8-15-7-6-12(2)22-15)18-13-9-14(10-13)19-16(20)21-17(3,4)5/h6-7,11,13-14,18H,8-10H2,1-5H3,(H,19,20). The fourth-order valence-corrected chi connectivity index (χ4v) is 3.72. The molecular weight excluding hydrogens is 296 g/mol. The zero-order valence-electron chi connectivity index (χ0n) is 14.2. The molecule has 1 amide bonds. The van der Waals surface area contributed by atoms with Gasteiger partial charge in [-0.25, -0.2) is 4.79 Å². The Morgan fingerprint density at radius 1 is 1.36 bits per heavy atom. The summed E-state index contributed by atoms with van der Waals surface area (Å²) < 4.78 is 5.27. The van der Waals surface area contributed by atoms with E-state index in [0.717, 1.165) is 19.3 Å². The van der Waals surface area contributed by atoms with Crippen molar-refractivity contribution < 1.29 is 9.53 Å². The first kappa shape index (κ1) is 17.3. The van der Waals surface area contributed by atoms with Crippen LogP contribution in [0.5, 0.6) is 0 Å². The van der Waals surface area contributed by atoms with Crippen molar-refractivity contribution in [2.45, 2.75) is 77.6 Å². The average molecular weight is 324 g/mol. The minimum absolute atomic E-state index is 0.239. The van der Waals surface area contributed by atoms with Gasteiger partial charge in [-0.2, -0.15) is 0 Å². The number of hydrogen-bond acceptors (Lipinski definition) is 4. The highest BCUT2D eigenvalue weighted by Gasteiger charge is 2.32. The molecule has 4 nitrogen and oxygen atoms in total. The molecule has 0 aromatic carbocycles. The molecule has 1 fully saturated rings. The number of rotatable bonds is 5. The molecule has 1 aromatic rings. The van der Waals surface area contributed by atoms with E-state index in [-0.39, 0.29) is 12.1 Å². The minimum Gasteiger partial charge on any atom is -0.444 e. The van der Waals surface area contributed by atoms with Gasteiger partial charge in [-0.3, -0.25) is 0 Å². The second kappa shape index (κ2) is 7.01. The number of alkyl carbamates (subject to hydrolysis) is 1. The van der Waals surface area contributed by atoms with Crippen LogP contribution < -0.4 is 10.6 Å². The number of carbonyl (C=O) groups excluding carboxylic acids is 1. The highest BCUT2D eigenvalue weighted by molar-refractivity contribution is 7.11. The van der Waals surface area contributed by atoms with Gasteiger partial charge in [-0.05, 0) is 66.0 Å². The summed E-state index contributed by atoms with van der Waals surface area (Å²) in [6, 6.07) is 5.59. The first-order chi connectivity index (χ1) is 10.2. The van der Waals surface area contributed by atoms with Crippen molar-refractivity contribution in [3.63, 3.8) is 0 Å². The number of thiophene rings is 1. The zero-order valence-corrected chi connectivity index (χ0v) is 15.0. The van der Waals surface area contributed by atoms with Crippen LogP contribution in [0.4, 0.5) is 4.79 Å². The maximum Gasteiger partial charge on any atom is 0.407 e. The van der Waals surface area contributed by atoms with E-state index >= 15 is 0 Å². The fourth-order valence-electron chi connectivity index (χ4n) is 2.70. The van der Waals surface area contributed by atoms with E-state index in [2.05, 4.69) is 36.6 Å². The van der Waals surface area contributed by atoms with Crippen LogP contribution in [0.15, 0.2) is 12.1 Å². The monoisotopic (exact) mass is 324 g/mol. The van der Waals surface area contributed by atoms with Crippen LogP contribution in [-0.4, -0.2) is 29.8 Å². The summed E-state index contributed by atoms with van der Waals surface area (Å²) in [7, 11) is 0. The van der Waals surface area contributed by atoms with E-state index in [1.807, 2.05) is 32.1 Å². The smallest absolute Gasteiger partial charge is 0.407 e. The second-order valence-electron chi connectivity index (χ2n) is 7.30. The van der Waals surface area contributed by atoms with Crippen molar-refractivity contribution in [1.82, 2.24) is 10.6 Å². The molecule has 1 heterocycles. The largest absolute Gasteiger partial charge is 0.444 e. The number of ether oxygens (including phenoxy) is 1. The Morgan fingerprint density at radius 3 is 2.59 bits per heavy atom. The highest BCUT2D eigenvalue weighted by Crippen LogP contribution is 2.22. The molecule has 1 saturated carbocycles. The van der Waals surface area contributed by atoms with Crippen molar-refractivity contribution in [2.75, 3.05) is 0 Å². The summed E-state index contributed by atoms with van der Waals surface area (Å²) >= 11 is 1.87. The lowest BCUT2D eigenvalue weighted by atomic mass is 9.86. The highest BCUT2D eigenvalue weighted by atomic mass is 32.1. The van der Waals surface area contributed by atoms with Gasteiger partial charge in [0.15, 0.2) is 0 Å². The van der Waals surface area contributed by atoms with Crippen LogP contribution >= 0.6 is 11.3 Å². The molecule has 0 saturated heterocycles. The Balaban J connectivity index is 1.63. The molecule has 1 aliphatic carbocycles. The molecule has 0 spiro atoms. The van der Waals surface area contributed by atoms with E-state index in [9.17, 15) is 4.79 Å². The summed E-state index contributed by atoms with van der Waals surface area (Å²) in [6.07, 6.45) is 2.72. The average Bonchev–Trinajstić information content (AvgIpc) is 2.69. The fraction of sp³-hybridized carbons (Fsp3) is 0.706. The summed E-state index contributed by atoms with van der Waals surface area (Å²) in [5.41, 5.74) is -0.432. The van der Waals surface area contributed by atoms with Gasteiger partial charge in [0.1, 0.15) is 5.60 Å². The lowest BCUT2D eigenvalue weighted by Crippen LogP contribution is -2.55. The van der Waals surface area contributed by atoms with Crippen molar-refractivity contribution >= 4 is 17.4 Å². The van der Waals surface area contributed by atoms with Gasteiger partial charge >= 0.3 is 6.09 Å². The van der Waals surface area contributed by atoms with E-state index in [1.54, 1.807) is 0 Å². The number of nitrogens with one attached hydrogen (secondary N) is 2. The zero-order chi connectivity index (χ0) is 16.3. The van der Waals surface area contributed by atoms with Crippen molar-refractivity contribution in [1.29, 1.82) is 0 Å². The van der Waals surface area contributed by atoms with E-state index in [0.29, 0.717) is 12.1 Å². The van der Waals surface area contributed by atoms with Crippen LogP contribution in [0.3, 0.4) is 0 Å². The van der Waals surface area contributed by atoms with E-state index in [4.69, 9.17) is 4.74 Å². The molecule has 1 aromatic heterocycles. The topological polar surface area (TPSA) is 50.4 Å². The van der Waals surface area contributed by atoms with Gasteiger partial charge in [-0.15, -0.1) is 11.3 Å². The van der Waals surface area contributed by atoms with Crippen molar-refractivity contribution in [2.24, 2.45) is 0 Å². The molecule has 124 valence electrons. The van der Waals surface area contributed by atoms with Gasteiger partial charge in [-0.1, -0.05) is 0 Å². The predicted molar refractivity (Wildman–Crippen MR) is 91.5 cm³/mol. The maximum atomic E-state index is 11.7. The summed E-state index contributed by atoms with van der Waals surface area (Å²) in [4.78, 5) is 14.5. The molecule has 2 rings (SSSR count). The van der Waals surface area contributed by atoms with Gasteiger partial charge in [0.2, 0.25) is 0 Å². The van der Waals surface area contributed by atoms with Crippen molar-refractivity contribution in [3.8, 4) is 0 Å². The van der Waals surface area contributed by atoms with Crippen molar-refractivity contribution in [3.05, 3.63) is 21.9 Å². The third kappa shape index (κ3) is 5.61. The van der Waals surface area contributed by atoms with Gasteiger partial charge in [0, 0.05) is 27.9 Å².